The number of thiazole rings is 1. The van der Waals surface area contributed by atoms with E-state index in [1.807, 2.05) is 38.3 Å². The first kappa shape index (κ1) is 28.7. The highest BCUT2D eigenvalue weighted by Crippen LogP contribution is 2.46. The number of hydrogen-bond acceptors (Lipinski definition) is 8. The minimum atomic E-state index is -1.24. The molecule has 3 heterocycles. The van der Waals surface area contributed by atoms with E-state index in [0.717, 1.165) is 35.5 Å². The van der Waals surface area contributed by atoms with Gasteiger partial charge in [0.25, 0.3) is 0 Å². The van der Waals surface area contributed by atoms with E-state index < -0.39 is 41.2 Å². The van der Waals surface area contributed by atoms with Gasteiger partial charge in [-0.3, -0.25) is 9.59 Å². The number of esters is 1. The Morgan fingerprint density at radius 1 is 1.28 bits per heavy atom. The fraction of sp³-hybridized carbons (Fsp3) is 0.679. The molecule has 2 fully saturated rings. The van der Waals surface area contributed by atoms with Gasteiger partial charge in [0.1, 0.15) is 17.5 Å². The number of nitrogens with zero attached hydrogens (tertiary/aromatic N) is 1. The molecule has 0 spiro atoms. The van der Waals surface area contributed by atoms with Gasteiger partial charge in [-0.2, -0.15) is 0 Å². The van der Waals surface area contributed by atoms with Crippen LogP contribution in [-0.4, -0.2) is 57.0 Å². The summed E-state index contributed by atoms with van der Waals surface area (Å²) in [6.07, 6.45) is 3.32. The number of Topliss-reactive ketones (excluding diaryl/α,β-unsaturated/α-hetero) is 1. The second-order valence-electron chi connectivity index (χ2n) is 11.1. The molecule has 8 heteroatoms. The molecular formula is C28H41NO6S. The van der Waals surface area contributed by atoms with Crippen LogP contribution in [0.15, 0.2) is 23.6 Å². The lowest BCUT2D eigenvalue weighted by molar-refractivity contribution is -0.154. The summed E-state index contributed by atoms with van der Waals surface area (Å²) < 4.78 is 12.0. The van der Waals surface area contributed by atoms with Gasteiger partial charge >= 0.3 is 5.97 Å². The van der Waals surface area contributed by atoms with Gasteiger partial charge in [-0.05, 0) is 50.7 Å². The highest BCUT2D eigenvalue weighted by atomic mass is 32.1. The number of cyclic esters (lactones) is 1. The van der Waals surface area contributed by atoms with E-state index in [2.05, 4.69) is 11.6 Å². The molecule has 1 unspecified atom stereocenters. The second-order valence-corrected chi connectivity index (χ2v) is 12.2. The fourth-order valence-corrected chi connectivity index (χ4v) is 5.73. The maximum atomic E-state index is 13.2. The molecule has 2 aliphatic heterocycles. The van der Waals surface area contributed by atoms with Gasteiger partial charge in [0, 0.05) is 17.7 Å². The summed E-state index contributed by atoms with van der Waals surface area (Å²) in [6.45, 7) is 14.7. The summed E-state index contributed by atoms with van der Waals surface area (Å²) in [5, 5.41) is 24.7. The lowest BCUT2D eigenvalue weighted by Gasteiger charge is -2.34. The topological polar surface area (TPSA) is 109 Å². The van der Waals surface area contributed by atoms with E-state index in [1.165, 1.54) is 0 Å². The molecule has 0 saturated carbocycles. The first-order valence-electron chi connectivity index (χ1n) is 12.8. The van der Waals surface area contributed by atoms with Gasteiger partial charge in [0.05, 0.1) is 40.8 Å². The van der Waals surface area contributed by atoms with Crippen LogP contribution < -0.4 is 0 Å². The lowest BCUT2D eigenvalue weighted by Crippen LogP contribution is -2.45. The Bertz CT molecular complexity index is 1000. The smallest absolute Gasteiger partial charge is 0.309 e. The Hall–Kier alpha value is -1.87. The van der Waals surface area contributed by atoms with E-state index in [9.17, 15) is 19.8 Å². The number of aryl methyl sites for hydroxylation is 1. The molecule has 0 aliphatic carbocycles. The van der Waals surface area contributed by atoms with Crippen LogP contribution in [0.5, 0.6) is 0 Å². The van der Waals surface area contributed by atoms with Crippen molar-refractivity contribution in [3.63, 3.8) is 0 Å². The zero-order valence-corrected chi connectivity index (χ0v) is 23.1. The largest absolute Gasteiger partial charge is 0.458 e. The van der Waals surface area contributed by atoms with E-state index in [1.54, 1.807) is 32.1 Å². The number of aromatic nitrogens is 1. The van der Waals surface area contributed by atoms with Crippen molar-refractivity contribution in [2.24, 2.45) is 17.3 Å². The summed E-state index contributed by atoms with van der Waals surface area (Å²) in [7, 11) is 0. The summed E-state index contributed by atoms with van der Waals surface area (Å²) in [5.41, 5.74) is -0.0734. The van der Waals surface area contributed by atoms with Crippen LogP contribution in [0.3, 0.4) is 0 Å². The van der Waals surface area contributed by atoms with Crippen LogP contribution in [0.4, 0.5) is 0 Å². The van der Waals surface area contributed by atoms with Crippen LogP contribution in [0.25, 0.3) is 6.08 Å². The number of fused-ring (bicyclic) bond motifs is 1. The molecular weight excluding hydrogens is 478 g/mol. The van der Waals surface area contributed by atoms with E-state index in [-0.39, 0.29) is 24.2 Å². The Morgan fingerprint density at radius 3 is 2.58 bits per heavy atom. The molecule has 200 valence electrons. The summed E-state index contributed by atoms with van der Waals surface area (Å²) in [6, 6.07) is 0. The van der Waals surface area contributed by atoms with Gasteiger partial charge in [-0.25, -0.2) is 4.98 Å². The SMILES string of the molecule is C=C[C@@]12CCC[C@H](C)C(O)[C@@H](C)C(=O)C(C)(C)[C@@H](O)CC(=O)O[C@H](/C(C)=C/c3csc(C)n3)C[C@@H]1O2. The van der Waals surface area contributed by atoms with Crippen LogP contribution in [-0.2, 0) is 19.1 Å². The third kappa shape index (κ3) is 6.33. The number of carbonyl (C=O) groups excluding carboxylic acids is 2. The van der Waals surface area contributed by atoms with Crippen LogP contribution in [0.2, 0.25) is 0 Å². The summed E-state index contributed by atoms with van der Waals surface area (Å²) >= 11 is 1.55. The van der Waals surface area contributed by atoms with Crippen LogP contribution >= 0.6 is 11.3 Å². The minimum Gasteiger partial charge on any atom is -0.458 e. The Balaban J connectivity index is 1.89. The van der Waals surface area contributed by atoms with Crippen molar-refractivity contribution in [3.05, 3.63) is 34.3 Å². The van der Waals surface area contributed by atoms with Crippen molar-refractivity contribution >= 4 is 29.2 Å². The standard InChI is InChI=1S/C28H41NO6S/c1-8-28-11-9-10-16(2)25(32)18(4)26(33)27(6,7)22(30)14-24(31)34-21(13-23(28)35-28)17(3)12-20-15-36-19(5)29-20/h8,12,15-16,18,21-23,25,30,32H,1,9-11,13-14H2,2-7H3/b17-12+/t16-,18+,21-,22-,23-,25?,28+/m0/s1. The monoisotopic (exact) mass is 519 g/mol. The number of hydrogen-bond donors (Lipinski definition) is 2. The molecule has 0 amide bonds. The molecule has 3 rings (SSSR count). The van der Waals surface area contributed by atoms with Crippen molar-refractivity contribution in [1.82, 2.24) is 4.98 Å². The molecule has 7 nitrogen and oxygen atoms in total. The number of ether oxygens (including phenoxy) is 2. The third-order valence-electron chi connectivity index (χ3n) is 7.98. The first-order chi connectivity index (χ1) is 16.8. The van der Waals surface area contributed by atoms with Crippen molar-refractivity contribution in [2.75, 3.05) is 0 Å². The molecule has 0 bridgehead atoms. The lowest BCUT2D eigenvalue weighted by atomic mass is 9.73. The number of aliphatic hydroxyl groups excluding tert-OH is 2. The fourth-order valence-electron chi connectivity index (χ4n) is 5.16. The molecule has 1 aromatic heterocycles. The number of rotatable bonds is 3. The van der Waals surface area contributed by atoms with Crippen molar-refractivity contribution in [3.8, 4) is 0 Å². The maximum absolute atomic E-state index is 13.2. The molecule has 0 aromatic carbocycles. The van der Waals surface area contributed by atoms with Crippen molar-refractivity contribution in [2.45, 2.75) is 104 Å². The summed E-state index contributed by atoms with van der Waals surface area (Å²) in [4.78, 5) is 30.7. The zero-order chi connectivity index (χ0) is 26.8. The van der Waals surface area contributed by atoms with Gasteiger partial charge in [-0.15, -0.1) is 17.9 Å². The Labute approximate surface area is 218 Å². The van der Waals surface area contributed by atoms with Crippen LogP contribution in [0.1, 0.15) is 77.4 Å². The molecule has 2 aliphatic rings. The molecule has 2 saturated heterocycles. The zero-order valence-electron chi connectivity index (χ0n) is 22.3. The maximum Gasteiger partial charge on any atom is 0.309 e. The Morgan fingerprint density at radius 2 is 1.97 bits per heavy atom. The third-order valence-corrected chi connectivity index (χ3v) is 8.77. The normalized spacial score (nSPS) is 36.6. The van der Waals surface area contributed by atoms with Gasteiger partial charge in [-0.1, -0.05) is 33.8 Å². The first-order valence-corrected chi connectivity index (χ1v) is 13.7. The molecule has 1 aromatic rings. The highest BCUT2D eigenvalue weighted by Gasteiger charge is 2.54. The molecule has 0 radical (unpaired) electrons. The van der Waals surface area contributed by atoms with Gasteiger partial charge in [0.15, 0.2) is 0 Å². The van der Waals surface area contributed by atoms with E-state index >= 15 is 0 Å². The molecule has 36 heavy (non-hydrogen) atoms. The van der Waals surface area contributed by atoms with Crippen molar-refractivity contribution in [1.29, 1.82) is 0 Å². The number of carbonyl (C=O) groups is 2. The van der Waals surface area contributed by atoms with Gasteiger partial charge in [0.2, 0.25) is 0 Å². The molecule has 2 N–H and O–H groups in total. The Kier molecular flexibility index (Phi) is 8.97. The number of ketones is 1. The highest BCUT2D eigenvalue weighted by molar-refractivity contribution is 7.09. The van der Waals surface area contributed by atoms with Gasteiger partial charge < -0.3 is 19.7 Å². The predicted molar refractivity (Wildman–Crippen MR) is 140 cm³/mol. The predicted octanol–water partition coefficient (Wildman–Crippen LogP) is 4.64. The average molecular weight is 520 g/mol. The number of aliphatic hydroxyl groups is 2. The average Bonchev–Trinajstić information content (AvgIpc) is 3.35. The quantitative estimate of drug-likeness (QED) is 0.340. The van der Waals surface area contributed by atoms with E-state index in [4.69, 9.17) is 9.47 Å². The van der Waals surface area contributed by atoms with Crippen LogP contribution in [0, 0.1) is 24.2 Å². The number of epoxide rings is 1. The van der Waals surface area contributed by atoms with E-state index in [0.29, 0.717) is 6.42 Å². The second kappa shape index (κ2) is 11.3. The van der Waals surface area contributed by atoms with Crippen molar-refractivity contribution < 1.29 is 29.3 Å². The summed E-state index contributed by atoms with van der Waals surface area (Å²) in [5.74, 6) is -1.64. The minimum absolute atomic E-state index is 0.103. The molecule has 7 atom stereocenters.